The van der Waals surface area contributed by atoms with E-state index in [1.165, 1.54) is 23.8 Å². The van der Waals surface area contributed by atoms with E-state index in [9.17, 15) is 9.90 Å². The number of carbonyl (C=O) groups excluding carboxylic acids is 1. The number of hydrogen-bond acceptors (Lipinski definition) is 5. The third-order valence-electron chi connectivity index (χ3n) is 2.83. The van der Waals surface area contributed by atoms with E-state index in [-0.39, 0.29) is 23.2 Å². The Morgan fingerprint density at radius 1 is 1.41 bits per heavy atom. The highest BCUT2D eigenvalue weighted by Crippen LogP contribution is 2.24. The molecule has 1 aliphatic carbocycles. The zero-order valence-electron chi connectivity index (χ0n) is 10.3. The molecule has 0 aromatic carbocycles. The molecule has 0 aliphatic heterocycles. The summed E-state index contributed by atoms with van der Waals surface area (Å²) in [5.41, 5.74) is 0. The maximum atomic E-state index is 11.4. The molecule has 0 saturated heterocycles. The van der Waals surface area contributed by atoms with Crippen LogP contribution < -0.4 is 0 Å². The monoisotopic (exact) mass is 276 g/mol. The van der Waals surface area contributed by atoms with Crippen LogP contribution in [0.25, 0.3) is 0 Å². The fraction of sp³-hybridized carbons (Fsp3) is 0.750. The molecule has 3 nitrogen and oxygen atoms in total. The van der Waals surface area contributed by atoms with Crippen LogP contribution >= 0.6 is 23.8 Å². The molecule has 0 aromatic rings. The predicted molar refractivity (Wildman–Crippen MR) is 74.0 cm³/mol. The van der Waals surface area contributed by atoms with Gasteiger partial charge in [0, 0.05) is 12.7 Å². The van der Waals surface area contributed by atoms with Crippen molar-refractivity contribution in [3.05, 3.63) is 12.2 Å². The molecule has 98 valence electrons. The van der Waals surface area contributed by atoms with E-state index in [0.717, 1.165) is 12.8 Å². The SMILES string of the molecule is CSOC1/C=C/C(CC(=O)SC)CC(O)CC1. The smallest absolute Gasteiger partial charge is 0.189 e. The highest BCUT2D eigenvalue weighted by Gasteiger charge is 2.20. The first kappa shape index (κ1) is 15.1. The molecule has 1 aliphatic rings. The Balaban J connectivity index is 2.59. The van der Waals surface area contributed by atoms with Gasteiger partial charge in [0.05, 0.1) is 12.2 Å². The first-order valence-corrected chi connectivity index (χ1v) is 8.15. The lowest BCUT2D eigenvalue weighted by atomic mass is 9.92. The molecule has 0 spiro atoms. The molecule has 0 aromatic heterocycles. The van der Waals surface area contributed by atoms with Gasteiger partial charge in [-0.15, -0.1) is 0 Å². The Morgan fingerprint density at radius 2 is 2.18 bits per heavy atom. The fourth-order valence-corrected chi connectivity index (χ4v) is 2.72. The van der Waals surface area contributed by atoms with Crippen LogP contribution in [0.5, 0.6) is 0 Å². The molecule has 1 rings (SSSR count). The van der Waals surface area contributed by atoms with Crippen molar-refractivity contribution >= 4 is 28.9 Å². The van der Waals surface area contributed by atoms with Gasteiger partial charge in [0.15, 0.2) is 5.12 Å². The summed E-state index contributed by atoms with van der Waals surface area (Å²) in [5.74, 6) is 0.137. The molecule has 0 bridgehead atoms. The number of allylic oxidation sites excluding steroid dienone is 1. The Bertz CT molecular complexity index is 268. The van der Waals surface area contributed by atoms with Gasteiger partial charge in [-0.25, -0.2) is 0 Å². The summed E-state index contributed by atoms with van der Waals surface area (Å²) < 4.78 is 5.47. The van der Waals surface area contributed by atoms with E-state index in [0.29, 0.717) is 12.8 Å². The van der Waals surface area contributed by atoms with Crippen molar-refractivity contribution in [1.82, 2.24) is 0 Å². The van der Waals surface area contributed by atoms with Crippen molar-refractivity contribution < 1.29 is 14.1 Å². The van der Waals surface area contributed by atoms with E-state index in [1.54, 1.807) is 6.26 Å². The summed E-state index contributed by atoms with van der Waals surface area (Å²) in [5, 5.41) is 10.0. The van der Waals surface area contributed by atoms with Crippen LogP contribution in [0.3, 0.4) is 0 Å². The normalized spacial score (nSPS) is 31.6. The van der Waals surface area contributed by atoms with Gasteiger partial charge in [-0.1, -0.05) is 23.9 Å². The van der Waals surface area contributed by atoms with Crippen LogP contribution in [0.2, 0.25) is 0 Å². The second-order valence-electron chi connectivity index (χ2n) is 4.19. The molecular weight excluding hydrogens is 256 g/mol. The molecular formula is C12H20O3S2. The van der Waals surface area contributed by atoms with Gasteiger partial charge < -0.3 is 9.29 Å². The first-order valence-electron chi connectivity index (χ1n) is 5.78. The number of hydrogen-bond donors (Lipinski definition) is 1. The summed E-state index contributed by atoms with van der Waals surface area (Å²) >= 11 is 2.59. The van der Waals surface area contributed by atoms with Crippen LogP contribution in [0, 0.1) is 5.92 Å². The molecule has 3 atom stereocenters. The summed E-state index contributed by atoms with van der Waals surface area (Å²) in [7, 11) is 0. The average Bonchev–Trinajstić information content (AvgIpc) is 2.30. The Kier molecular flexibility index (Phi) is 7.27. The molecule has 0 heterocycles. The van der Waals surface area contributed by atoms with Crippen LogP contribution in [0.4, 0.5) is 0 Å². The highest BCUT2D eigenvalue weighted by atomic mass is 32.2. The van der Waals surface area contributed by atoms with Crippen molar-refractivity contribution in [2.24, 2.45) is 5.92 Å². The molecule has 0 fully saturated rings. The molecule has 1 N–H and O–H groups in total. The molecule has 5 heteroatoms. The van der Waals surface area contributed by atoms with Gasteiger partial charge in [-0.2, -0.15) is 0 Å². The number of aliphatic hydroxyl groups is 1. The van der Waals surface area contributed by atoms with Gasteiger partial charge in [-0.3, -0.25) is 4.79 Å². The largest absolute Gasteiger partial charge is 0.393 e. The predicted octanol–water partition coefficient (Wildman–Crippen LogP) is 2.65. The lowest BCUT2D eigenvalue weighted by Crippen LogP contribution is -2.20. The van der Waals surface area contributed by atoms with E-state index in [4.69, 9.17) is 4.18 Å². The lowest BCUT2D eigenvalue weighted by Gasteiger charge is -2.22. The van der Waals surface area contributed by atoms with E-state index >= 15 is 0 Å². The van der Waals surface area contributed by atoms with Crippen LogP contribution in [-0.4, -0.2) is 34.9 Å². The zero-order chi connectivity index (χ0) is 12.7. The quantitative estimate of drug-likeness (QED) is 0.632. The summed E-state index contributed by atoms with van der Waals surface area (Å²) in [6.07, 6.45) is 10.2. The Labute approximate surface area is 112 Å². The first-order chi connectivity index (χ1) is 8.15. The van der Waals surface area contributed by atoms with Gasteiger partial charge >= 0.3 is 0 Å². The van der Waals surface area contributed by atoms with Crippen LogP contribution in [-0.2, 0) is 8.98 Å². The Morgan fingerprint density at radius 3 is 2.82 bits per heavy atom. The summed E-state index contributed by atoms with van der Waals surface area (Å²) in [4.78, 5) is 11.4. The van der Waals surface area contributed by atoms with Crippen molar-refractivity contribution in [2.45, 2.75) is 37.9 Å². The number of carbonyl (C=O) groups is 1. The van der Waals surface area contributed by atoms with E-state index < -0.39 is 0 Å². The zero-order valence-corrected chi connectivity index (χ0v) is 11.9. The number of aliphatic hydroxyl groups excluding tert-OH is 1. The van der Waals surface area contributed by atoms with Gasteiger partial charge in [-0.05, 0) is 43.5 Å². The second-order valence-corrected chi connectivity index (χ2v) is 5.58. The minimum atomic E-state index is -0.326. The maximum Gasteiger partial charge on any atom is 0.189 e. The molecule has 0 saturated carbocycles. The fourth-order valence-electron chi connectivity index (χ4n) is 1.93. The summed E-state index contributed by atoms with van der Waals surface area (Å²) in [6.45, 7) is 0. The van der Waals surface area contributed by atoms with E-state index in [2.05, 4.69) is 0 Å². The second kappa shape index (κ2) is 8.19. The van der Waals surface area contributed by atoms with Crippen LogP contribution in [0.1, 0.15) is 25.7 Å². The number of thioether (sulfide) groups is 1. The van der Waals surface area contributed by atoms with Crippen molar-refractivity contribution in [3.8, 4) is 0 Å². The number of rotatable bonds is 4. The third-order valence-corrected chi connectivity index (χ3v) is 3.90. The standard InChI is InChI=1S/C12H20O3S2/c1-16-12(14)8-9-3-5-11(15-17-2)6-4-10(13)7-9/h3,5,9-11,13H,4,6-8H2,1-2H3/b5-3+. The van der Waals surface area contributed by atoms with Crippen molar-refractivity contribution in [1.29, 1.82) is 0 Å². The van der Waals surface area contributed by atoms with Gasteiger partial charge in [0.1, 0.15) is 0 Å². The average molecular weight is 276 g/mol. The minimum absolute atomic E-state index is 0.0480. The van der Waals surface area contributed by atoms with Crippen LogP contribution in [0.15, 0.2) is 12.2 Å². The molecule has 0 radical (unpaired) electrons. The van der Waals surface area contributed by atoms with Crippen molar-refractivity contribution in [3.63, 3.8) is 0 Å². The summed E-state index contributed by atoms with van der Waals surface area (Å²) in [6, 6.07) is 0. The lowest BCUT2D eigenvalue weighted by molar-refractivity contribution is -0.111. The molecule has 0 amide bonds. The molecule has 3 unspecified atom stereocenters. The van der Waals surface area contributed by atoms with Gasteiger partial charge in [0.25, 0.3) is 0 Å². The Hall–Kier alpha value is 0.0300. The third kappa shape index (κ3) is 5.95. The van der Waals surface area contributed by atoms with Gasteiger partial charge in [0.2, 0.25) is 0 Å². The maximum absolute atomic E-state index is 11.4. The van der Waals surface area contributed by atoms with Crippen molar-refractivity contribution in [2.75, 3.05) is 12.5 Å². The molecule has 17 heavy (non-hydrogen) atoms. The highest BCUT2D eigenvalue weighted by molar-refractivity contribution is 8.13. The topological polar surface area (TPSA) is 46.5 Å². The minimum Gasteiger partial charge on any atom is -0.393 e. The van der Waals surface area contributed by atoms with E-state index in [1.807, 2.05) is 18.4 Å².